The second-order valence-electron chi connectivity index (χ2n) is 4.84. The summed E-state index contributed by atoms with van der Waals surface area (Å²) in [5.41, 5.74) is 5.47. The van der Waals surface area contributed by atoms with Crippen LogP contribution in [0.15, 0.2) is 12.1 Å². The van der Waals surface area contributed by atoms with Crippen LogP contribution in [-0.2, 0) is 0 Å². The zero-order valence-corrected chi connectivity index (χ0v) is 11.5. The van der Waals surface area contributed by atoms with E-state index in [9.17, 15) is 9.59 Å². The third-order valence-electron chi connectivity index (χ3n) is 3.25. The number of hydrogen-bond donors (Lipinski definition) is 2. The largest absolute Gasteiger partial charge is 0.366 e. The number of halogens is 1. The number of nitriles is 1. The van der Waals surface area contributed by atoms with Crippen LogP contribution in [0.5, 0.6) is 0 Å². The van der Waals surface area contributed by atoms with Crippen molar-refractivity contribution in [1.82, 2.24) is 5.32 Å². The minimum atomic E-state index is -0.785. The quantitative estimate of drug-likeness (QED) is 0.866. The van der Waals surface area contributed by atoms with E-state index in [0.717, 1.165) is 6.42 Å². The summed E-state index contributed by atoms with van der Waals surface area (Å²) in [4.78, 5) is 23.5. The van der Waals surface area contributed by atoms with Gasteiger partial charge in [0.1, 0.15) is 0 Å². The summed E-state index contributed by atoms with van der Waals surface area (Å²) in [5.74, 6) is -0.523. The fourth-order valence-corrected chi connectivity index (χ4v) is 2.30. The number of hydrogen-bond acceptors (Lipinski definition) is 3. The summed E-state index contributed by atoms with van der Waals surface area (Å²) < 4.78 is 0. The first-order valence-electron chi connectivity index (χ1n) is 6.34. The highest BCUT2D eigenvalue weighted by Gasteiger charge is 2.22. The van der Waals surface area contributed by atoms with Crippen molar-refractivity contribution in [3.8, 4) is 6.07 Å². The molecule has 0 unspecified atom stereocenters. The first-order chi connectivity index (χ1) is 9.52. The van der Waals surface area contributed by atoms with Crippen molar-refractivity contribution < 1.29 is 9.59 Å². The summed E-state index contributed by atoms with van der Waals surface area (Å²) >= 11 is 5.91. The minimum Gasteiger partial charge on any atom is -0.366 e. The van der Waals surface area contributed by atoms with E-state index >= 15 is 0 Å². The number of primary amides is 1. The summed E-state index contributed by atoms with van der Waals surface area (Å²) in [6.07, 6.45) is 3.33. The van der Waals surface area contributed by atoms with Gasteiger partial charge in [-0.3, -0.25) is 9.59 Å². The number of nitrogens with zero attached hydrogens (tertiary/aromatic N) is 1. The summed E-state index contributed by atoms with van der Waals surface area (Å²) in [7, 11) is 0. The topological polar surface area (TPSA) is 96.0 Å². The molecular weight excluding hydrogens is 278 g/mol. The Morgan fingerprint density at radius 1 is 1.45 bits per heavy atom. The van der Waals surface area contributed by atoms with Crippen LogP contribution < -0.4 is 11.1 Å². The molecule has 1 aromatic carbocycles. The Labute approximate surface area is 121 Å². The molecule has 0 atom stereocenters. The maximum atomic E-state index is 12.1. The van der Waals surface area contributed by atoms with Gasteiger partial charge in [-0.1, -0.05) is 24.4 Å². The van der Waals surface area contributed by atoms with Crippen molar-refractivity contribution in [2.75, 3.05) is 6.54 Å². The van der Waals surface area contributed by atoms with Crippen LogP contribution >= 0.6 is 11.6 Å². The fourth-order valence-electron chi connectivity index (χ4n) is 1.99. The molecule has 0 heterocycles. The lowest BCUT2D eigenvalue weighted by molar-refractivity contribution is 0.0935. The molecule has 0 saturated heterocycles. The van der Waals surface area contributed by atoms with E-state index in [4.69, 9.17) is 22.6 Å². The second kappa shape index (κ2) is 5.93. The molecule has 6 heteroatoms. The van der Waals surface area contributed by atoms with Crippen molar-refractivity contribution in [2.45, 2.75) is 19.3 Å². The second-order valence-corrected chi connectivity index (χ2v) is 5.25. The van der Waals surface area contributed by atoms with Crippen LogP contribution in [0.3, 0.4) is 0 Å². The lowest BCUT2D eigenvalue weighted by Crippen LogP contribution is -2.28. The van der Waals surface area contributed by atoms with E-state index in [1.807, 2.05) is 6.07 Å². The minimum absolute atomic E-state index is 0.0175. The van der Waals surface area contributed by atoms with Gasteiger partial charge in [-0.25, -0.2) is 0 Å². The van der Waals surface area contributed by atoms with Gasteiger partial charge in [0.05, 0.1) is 27.8 Å². The van der Waals surface area contributed by atoms with E-state index in [2.05, 4.69) is 5.32 Å². The van der Waals surface area contributed by atoms with Crippen molar-refractivity contribution in [1.29, 1.82) is 5.26 Å². The Hall–Kier alpha value is -2.06. The fraction of sp³-hybridized carbons (Fsp3) is 0.357. The maximum Gasteiger partial charge on any atom is 0.252 e. The average molecular weight is 292 g/mol. The molecule has 1 aliphatic carbocycles. The number of nitrogens with two attached hydrogens (primary N) is 1. The first-order valence-corrected chi connectivity index (χ1v) is 6.72. The monoisotopic (exact) mass is 291 g/mol. The molecule has 0 aromatic heterocycles. The Kier molecular flexibility index (Phi) is 4.26. The molecule has 2 amide bonds. The molecular formula is C14H14ClN3O2. The van der Waals surface area contributed by atoms with Gasteiger partial charge >= 0.3 is 0 Å². The third kappa shape index (κ3) is 3.28. The molecule has 3 N–H and O–H groups in total. The number of carbonyl (C=O) groups is 2. The van der Waals surface area contributed by atoms with E-state index < -0.39 is 11.8 Å². The summed E-state index contributed by atoms with van der Waals surface area (Å²) in [6, 6.07) is 4.55. The van der Waals surface area contributed by atoms with Crippen molar-refractivity contribution in [2.24, 2.45) is 11.7 Å². The van der Waals surface area contributed by atoms with Gasteiger partial charge < -0.3 is 11.1 Å². The average Bonchev–Trinajstić information content (AvgIpc) is 3.21. The molecule has 1 saturated carbocycles. The molecule has 1 aliphatic rings. The number of carbonyl (C=O) groups excluding carboxylic acids is 2. The third-order valence-corrected chi connectivity index (χ3v) is 3.54. The molecule has 1 fully saturated rings. The van der Waals surface area contributed by atoms with Gasteiger partial charge in [0.15, 0.2) is 0 Å². The normalized spacial score (nSPS) is 13.6. The number of rotatable bonds is 5. The zero-order valence-electron chi connectivity index (χ0n) is 10.8. The van der Waals surface area contributed by atoms with E-state index in [1.54, 1.807) is 0 Å². The highest BCUT2D eigenvalue weighted by molar-refractivity contribution is 6.35. The smallest absolute Gasteiger partial charge is 0.252 e. The Bertz CT molecular complexity index is 603. The number of nitrogens with one attached hydrogen (secondary N) is 1. The van der Waals surface area contributed by atoms with Crippen molar-refractivity contribution >= 4 is 23.4 Å². The van der Waals surface area contributed by atoms with Gasteiger partial charge in [-0.2, -0.15) is 5.26 Å². The Balaban J connectivity index is 2.22. The molecule has 0 aliphatic heterocycles. The molecule has 1 aromatic rings. The van der Waals surface area contributed by atoms with E-state index in [-0.39, 0.29) is 21.7 Å². The molecule has 2 rings (SSSR count). The van der Waals surface area contributed by atoms with Crippen LogP contribution in [-0.4, -0.2) is 18.4 Å². The lowest BCUT2D eigenvalue weighted by Gasteiger charge is -2.10. The van der Waals surface area contributed by atoms with Crippen molar-refractivity contribution in [3.63, 3.8) is 0 Å². The zero-order chi connectivity index (χ0) is 14.7. The van der Waals surface area contributed by atoms with Crippen LogP contribution in [0.2, 0.25) is 5.02 Å². The van der Waals surface area contributed by atoms with Gasteiger partial charge in [-0.05, 0) is 24.5 Å². The molecule has 5 nitrogen and oxygen atoms in total. The maximum absolute atomic E-state index is 12.1. The molecule has 0 spiro atoms. The van der Waals surface area contributed by atoms with E-state index in [1.165, 1.54) is 25.0 Å². The molecule has 104 valence electrons. The Morgan fingerprint density at radius 2 is 2.15 bits per heavy atom. The van der Waals surface area contributed by atoms with Crippen LogP contribution in [0, 0.1) is 17.2 Å². The van der Waals surface area contributed by atoms with Crippen molar-refractivity contribution in [3.05, 3.63) is 33.8 Å². The van der Waals surface area contributed by atoms with Crippen LogP contribution in [0.4, 0.5) is 0 Å². The van der Waals surface area contributed by atoms with Crippen LogP contribution in [0.25, 0.3) is 0 Å². The van der Waals surface area contributed by atoms with Gasteiger partial charge in [0.2, 0.25) is 0 Å². The predicted molar refractivity (Wildman–Crippen MR) is 74.4 cm³/mol. The Morgan fingerprint density at radius 3 is 2.70 bits per heavy atom. The number of amides is 2. The molecule has 0 bridgehead atoms. The van der Waals surface area contributed by atoms with Gasteiger partial charge in [0.25, 0.3) is 11.8 Å². The molecule has 20 heavy (non-hydrogen) atoms. The molecule has 0 radical (unpaired) electrons. The van der Waals surface area contributed by atoms with Gasteiger partial charge in [-0.15, -0.1) is 0 Å². The van der Waals surface area contributed by atoms with Crippen LogP contribution in [0.1, 0.15) is 45.5 Å². The van der Waals surface area contributed by atoms with Gasteiger partial charge in [0, 0.05) is 6.54 Å². The summed E-state index contributed by atoms with van der Waals surface area (Å²) in [5, 5.41) is 11.6. The van der Waals surface area contributed by atoms with E-state index in [0.29, 0.717) is 12.5 Å². The SMILES string of the molecule is N#Cc1cc(Cl)c(C(N)=O)c(C(=O)NCCC2CC2)c1. The summed E-state index contributed by atoms with van der Waals surface area (Å²) in [6.45, 7) is 0.538. The standard InChI is InChI=1S/C14H14ClN3O2/c15-11-6-9(7-16)5-10(12(11)13(17)19)14(20)18-4-3-8-1-2-8/h5-6,8H,1-4H2,(H2,17,19)(H,18,20). The first kappa shape index (κ1) is 14.4. The highest BCUT2D eigenvalue weighted by Crippen LogP contribution is 2.31. The predicted octanol–water partition coefficient (Wildman–Crippen LogP) is 1.84. The lowest BCUT2D eigenvalue weighted by atomic mass is 10.0. The highest BCUT2D eigenvalue weighted by atomic mass is 35.5. The number of benzene rings is 1.